The zero-order chi connectivity index (χ0) is 17.1. The molecular formula is C18H12N6O. The minimum Gasteiger partial charge on any atom is -0.489 e. The number of nitriles is 1. The fraction of sp³-hybridized carbons (Fsp3) is 0.0556. The smallest absolute Gasteiger partial charge is 0.171 e. The lowest BCUT2D eigenvalue weighted by Gasteiger charge is -2.09. The SMILES string of the molecule is N#Cc1ncnc2c1ncn2-c1cccc(OCc2ccncc2)c1. The second-order valence-corrected chi connectivity index (χ2v) is 5.26. The summed E-state index contributed by atoms with van der Waals surface area (Å²) in [6.07, 6.45) is 6.46. The highest BCUT2D eigenvalue weighted by molar-refractivity contribution is 5.77. The molecule has 7 heteroatoms. The summed E-state index contributed by atoms with van der Waals surface area (Å²) in [5.74, 6) is 0.728. The van der Waals surface area contributed by atoms with Crippen LogP contribution in [0.15, 0.2) is 61.4 Å². The first kappa shape index (κ1) is 14.8. The molecule has 4 aromatic rings. The Morgan fingerprint density at radius 1 is 1.08 bits per heavy atom. The summed E-state index contributed by atoms with van der Waals surface area (Å²) in [4.78, 5) is 16.4. The highest BCUT2D eigenvalue weighted by Crippen LogP contribution is 2.22. The van der Waals surface area contributed by atoms with Crippen molar-refractivity contribution in [1.29, 1.82) is 5.26 Å². The Bertz CT molecular complexity index is 1070. The Balaban J connectivity index is 1.65. The first-order chi connectivity index (χ1) is 12.3. The van der Waals surface area contributed by atoms with E-state index in [1.54, 1.807) is 23.3 Å². The van der Waals surface area contributed by atoms with Gasteiger partial charge in [0.15, 0.2) is 11.3 Å². The van der Waals surface area contributed by atoms with Gasteiger partial charge in [0, 0.05) is 18.5 Å². The third-order valence-electron chi connectivity index (χ3n) is 3.69. The van der Waals surface area contributed by atoms with Crippen molar-refractivity contribution in [2.75, 3.05) is 0 Å². The monoisotopic (exact) mass is 328 g/mol. The minimum atomic E-state index is 0.258. The van der Waals surface area contributed by atoms with Crippen molar-refractivity contribution >= 4 is 11.2 Å². The van der Waals surface area contributed by atoms with E-state index in [-0.39, 0.29) is 5.69 Å². The summed E-state index contributed by atoms with van der Waals surface area (Å²) in [6, 6.07) is 13.5. The predicted molar refractivity (Wildman–Crippen MR) is 89.9 cm³/mol. The lowest BCUT2D eigenvalue weighted by Crippen LogP contribution is -1.98. The summed E-state index contributed by atoms with van der Waals surface area (Å²) in [6.45, 7) is 0.456. The molecule has 1 aromatic carbocycles. The van der Waals surface area contributed by atoms with Gasteiger partial charge in [-0.1, -0.05) is 6.07 Å². The van der Waals surface area contributed by atoms with E-state index < -0.39 is 0 Å². The van der Waals surface area contributed by atoms with Gasteiger partial charge < -0.3 is 4.74 Å². The molecule has 4 rings (SSSR count). The number of hydrogen-bond donors (Lipinski definition) is 0. The topological polar surface area (TPSA) is 89.5 Å². The number of rotatable bonds is 4. The average Bonchev–Trinajstić information content (AvgIpc) is 3.12. The maximum absolute atomic E-state index is 9.12. The summed E-state index contributed by atoms with van der Waals surface area (Å²) >= 11 is 0. The number of hydrogen-bond acceptors (Lipinski definition) is 6. The van der Waals surface area contributed by atoms with E-state index in [4.69, 9.17) is 10.00 Å². The second-order valence-electron chi connectivity index (χ2n) is 5.26. The molecule has 0 aliphatic heterocycles. The molecule has 0 spiro atoms. The summed E-state index contributed by atoms with van der Waals surface area (Å²) in [7, 11) is 0. The van der Waals surface area contributed by atoms with Crippen LogP contribution in [0.1, 0.15) is 11.3 Å². The zero-order valence-electron chi connectivity index (χ0n) is 13.1. The number of benzene rings is 1. The van der Waals surface area contributed by atoms with Crippen LogP contribution in [-0.2, 0) is 6.61 Å². The second kappa shape index (κ2) is 6.37. The molecule has 0 bridgehead atoms. The Morgan fingerprint density at radius 3 is 2.80 bits per heavy atom. The summed E-state index contributed by atoms with van der Waals surface area (Å²) < 4.78 is 7.64. The number of aromatic nitrogens is 5. The van der Waals surface area contributed by atoms with Crippen LogP contribution in [-0.4, -0.2) is 24.5 Å². The molecule has 0 saturated carbocycles. The van der Waals surface area contributed by atoms with Crippen LogP contribution in [0.5, 0.6) is 5.75 Å². The third kappa shape index (κ3) is 2.88. The maximum Gasteiger partial charge on any atom is 0.171 e. The van der Waals surface area contributed by atoms with Gasteiger partial charge in [0.25, 0.3) is 0 Å². The van der Waals surface area contributed by atoms with Gasteiger partial charge in [0.05, 0.1) is 5.69 Å². The third-order valence-corrected chi connectivity index (χ3v) is 3.69. The van der Waals surface area contributed by atoms with Crippen LogP contribution in [0.25, 0.3) is 16.9 Å². The van der Waals surface area contributed by atoms with Crippen molar-refractivity contribution in [3.63, 3.8) is 0 Å². The van der Waals surface area contributed by atoms with Gasteiger partial charge in [-0.15, -0.1) is 0 Å². The van der Waals surface area contributed by atoms with Crippen molar-refractivity contribution in [1.82, 2.24) is 24.5 Å². The molecule has 3 heterocycles. The van der Waals surface area contributed by atoms with Crippen molar-refractivity contribution < 1.29 is 4.74 Å². The van der Waals surface area contributed by atoms with Gasteiger partial charge in [-0.05, 0) is 29.8 Å². The quantitative estimate of drug-likeness (QED) is 0.572. The van der Waals surface area contributed by atoms with Gasteiger partial charge >= 0.3 is 0 Å². The van der Waals surface area contributed by atoms with E-state index >= 15 is 0 Å². The van der Waals surface area contributed by atoms with E-state index in [2.05, 4.69) is 19.9 Å². The summed E-state index contributed by atoms with van der Waals surface area (Å²) in [5.41, 5.74) is 3.21. The lowest BCUT2D eigenvalue weighted by molar-refractivity contribution is 0.306. The number of pyridine rings is 1. The van der Waals surface area contributed by atoms with Gasteiger partial charge in [-0.2, -0.15) is 5.26 Å². The van der Waals surface area contributed by atoms with Crippen LogP contribution >= 0.6 is 0 Å². The fourth-order valence-corrected chi connectivity index (χ4v) is 2.47. The van der Waals surface area contributed by atoms with E-state index in [1.165, 1.54) is 6.33 Å². The van der Waals surface area contributed by atoms with Crippen molar-refractivity contribution in [3.8, 4) is 17.5 Å². The zero-order valence-corrected chi connectivity index (χ0v) is 13.1. The highest BCUT2D eigenvalue weighted by Gasteiger charge is 2.11. The Labute approximate surface area is 143 Å². The van der Waals surface area contributed by atoms with E-state index in [1.807, 2.05) is 42.5 Å². The Hall–Kier alpha value is -3.79. The van der Waals surface area contributed by atoms with Crippen LogP contribution in [0, 0.1) is 11.3 Å². The van der Waals surface area contributed by atoms with Crippen LogP contribution in [0.4, 0.5) is 0 Å². The summed E-state index contributed by atoms with van der Waals surface area (Å²) in [5, 5.41) is 9.12. The molecule has 0 radical (unpaired) electrons. The Kier molecular flexibility index (Phi) is 3.77. The van der Waals surface area contributed by atoms with Crippen molar-refractivity contribution in [2.45, 2.75) is 6.61 Å². The molecule has 0 unspecified atom stereocenters. The molecule has 7 nitrogen and oxygen atoms in total. The average molecular weight is 328 g/mol. The van der Waals surface area contributed by atoms with Gasteiger partial charge in [-0.25, -0.2) is 15.0 Å². The molecule has 3 aromatic heterocycles. The molecule has 0 atom stereocenters. The molecule has 0 aliphatic rings. The highest BCUT2D eigenvalue weighted by atomic mass is 16.5. The molecular weight excluding hydrogens is 316 g/mol. The van der Waals surface area contributed by atoms with E-state index in [0.717, 1.165) is 17.0 Å². The molecule has 120 valence electrons. The molecule has 0 N–H and O–H groups in total. The number of nitrogens with zero attached hydrogens (tertiary/aromatic N) is 6. The first-order valence-corrected chi connectivity index (χ1v) is 7.55. The van der Waals surface area contributed by atoms with E-state index in [0.29, 0.717) is 17.8 Å². The van der Waals surface area contributed by atoms with Crippen molar-refractivity contribution in [2.24, 2.45) is 0 Å². The molecule has 0 fully saturated rings. The number of imidazole rings is 1. The largest absolute Gasteiger partial charge is 0.489 e. The van der Waals surface area contributed by atoms with Crippen LogP contribution in [0.3, 0.4) is 0 Å². The molecule has 25 heavy (non-hydrogen) atoms. The number of fused-ring (bicyclic) bond motifs is 1. The minimum absolute atomic E-state index is 0.258. The van der Waals surface area contributed by atoms with Gasteiger partial charge in [0.2, 0.25) is 0 Å². The lowest BCUT2D eigenvalue weighted by atomic mass is 10.2. The maximum atomic E-state index is 9.12. The van der Waals surface area contributed by atoms with Gasteiger partial charge in [-0.3, -0.25) is 9.55 Å². The fourth-order valence-electron chi connectivity index (χ4n) is 2.47. The molecule has 0 saturated heterocycles. The van der Waals surface area contributed by atoms with Crippen LogP contribution < -0.4 is 4.74 Å². The predicted octanol–water partition coefficient (Wildman–Crippen LogP) is 2.66. The van der Waals surface area contributed by atoms with Gasteiger partial charge in [0.1, 0.15) is 36.6 Å². The first-order valence-electron chi connectivity index (χ1n) is 7.55. The number of ether oxygens (including phenoxy) is 1. The molecule has 0 aliphatic carbocycles. The van der Waals surface area contributed by atoms with Crippen molar-refractivity contribution in [3.05, 3.63) is 72.7 Å². The van der Waals surface area contributed by atoms with Crippen LogP contribution in [0.2, 0.25) is 0 Å². The normalized spacial score (nSPS) is 10.5. The van der Waals surface area contributed by atoms with E-state index in [9.17, 15) is 0 Å². The Morgan fingerprint density at radius 2 is 1.96 bits per heavy atom. The standard InChI is InChI=1S/C18H12N6O/c19-9-16-17-18(22-11-21-16)24(12-23-17)14-2-1-3-15(8-14)25-10-13-4-6-20-7-5-13/h1-8,11-12H,10H2. The molecule has 0 amide bonds.